The van der Waals surface area contributed by atoms with E-state index in [4.69, 9.17) is 4.42 Å². The predicted octanol–water partition coefficient (Wildman–Crippen LogP) is 5.12. The monoisotopic (exact) mass is 433 g/mol. The van der Waals surface area contributed by atoms with Gasteiger partial charge in [-0.3, -0.25) is 4.79 Å². The highest BCUT2D eigenvalue weighted by Crippen LogP contribution is 2.47. The molecule has 5 nitrogen and oxygen atoms in total. The SMILES string of the molecule is O=C(NCC1(c2ccc(F)cc2)CC1)c1oc2ccccc2c1CSc1ncccn1. The van der Waals surface area contributed by atoms with Crippen molar-refractivity contribution in [2.75, 3.05) is 6.54 Å². The number of thioether (sulfide) groups is 1. The number of furan rings is 1. The van der Waals surface area contributed by atoms with Gasteiger partial charge in [0.25, 0.3) is 5.91 Å². The van der Waals surface area contributed by atoms with Crippen molar-refractivity contribution in [3.05, 3.63) is 89.7 Å². The minimum Gasteiger partial charge on any atom is -0.451 e. The van der Waals surface area contributed by atoms with Crippen LogP contribution in [0.2, 0.25) is 0 Å². The molecule has 1 fully saturated rings. The van der Waals surface area contributed by atoms with Crippen LogP contribution in [-0.4, -0.2) is 22.4 Å². The van der Waals surface area contributed by atoms with Gasteiger partial charge in [-0.05, 0) is 42.7 Å². The zero-order chi connectivity index (χ0) is 21.3. The van der Waals surface area contributed by atoms with Crippen LogP contribution in [0.3, 0.4) is 0 Å². The van der Waals surface area contributed by atoms with Crippen LogP contribution in [0.5, 0.6) is 0 Å². The first-order chi connectivity index (χ1) is 15.1. The van der Waals surface area contributed by atoms with Crippen molar-refractivity contribution in [1.82, 2.24) is 15.3 Å². The number of amides is 1. The number of hydrogen-bond acceptors (Lipinski definition) is 5. The Morgan fingerprint density at radius 1 is 1.06 bits per heavy atom. The third kappa shape index (κ3) is 4.05. The maximum atomic E-state index is 13.3. The lowest BCUT2D eigenvalue weighted by Gasteiger charge is -2.16. The maximum absolute atomic E-state index is 13.3. The molecule has 1 saturated carbocycles. The third-order valence-corrected chi connectivity index (χ3v) is 6.59. The molecule has 2 aromatic heterocycles. The minimum absolute atomic E-state index is 0.123. The summed E-state index contributed by atoms with van der Waals surface area (Å²) >= 11 is 1.46. The summed E-state index contributed by atoms with van der Waals surface area (Å²) in [6.07, 6.45) is 5.32. The molecule has 0 saturated heterocycles. The van der Waals surface area contributed by atoms with Gasteiger partial charge in [0.2, 0.25) is 0 Å². The number of carbonyl (C=O) groups is 1. The number of carbonyl (C=O) groups excluding carboxylic acids is 1. The molecule has 2 aromatic carbocycles. The number of fused-ring (bicyclic) bond motifs is 1. The van der Waals surface area contributed by atoms with Crippen LogP contribution in [-0.2, 0) is 11.2 Å². The van der Waals surface area contributed by atoms with E-state index in [0.717, 1.165) is 29.4 Å². The number of aromatic nitrogens is 2. The van der Waals surface area contributed by atoms with Gasteiger partial charge < -0.3 is 9.73 Å². The van der Waals surface area contributed by atoms with E-state index >= 15 is 0 Å². The molecule has 0 spiro atoms. The molecule has 156 valence electrons. The molecule has 1 amide bonds. The van der Waals surface area contributed by atoms with Crippen molar-refractivity contribution in [3.63, 3.8) is 0 Å². The quantitative estimate of drug-likeness (QED) is 0.324. The van der Waals surface area contributed by atoms with Crippen LogP contribution in [0, 0.1) is 5.82 Å². The van der Waals surface area contributed by atoms with Crippen LogP contribution < -0.4 is 5.32 Å². The molecule has 5 rings (SSSR count). The Morgan fingerprint density at radius 2 is 1.81 bits per heavy atom. The summed E-state index contributed by atoms with van der Waals surface area (Å²) in [6.45, 7) is 0.489. The van der Waals surface area contributed by atoms with Gasteiger partial charge in [0.1, 0.15) is 11.4 Å². The second-order valence-electron chi connectivity index (χ2n) is 7.70. The van der Waals surface area contributed by atoms with Gasteiger partial charge in [-0.15, -0.1) is 0 Å². The molecule has 2 heterocycles. The molecule has 7 heteroatoms. The second-order valence-corrected chi connectivity index (χ2v) is 8.64. The summed E-state index contributed by atoms with van der Waals surface area (Å²) in [5, 5.41) is 4.61. The molecule has 0 aliphatic heterocycles. The van der Waals surface area contributed by atoms with Gasteiger partial charge >= 0.3 is 0 Å². The first-order valence-electron chi connectivity index (χ1n) is 10.1. The average Bonchev–Trinajstić information content (AvgIpc) is 3.51. The number of nitrogens with zero attached hydrogens (tertiary/aromatic N) is 2. The van der Waals surface area contributed by atoms with E-state index in [9.17, 15) is 9.18 Å². The Labute approximate surface area is 183 Å². The maximum Gasteiger partial charge on any atom is 0.287 e. The molecule has 0 atom stereocenters. The summed E-state index contributed by atoms with van der Waals surface area (Å²) in [5.74, 6) is 0.344. The van der Waals surface area contributed by atoms with Crippen LogP contribution in [0.4, 0.5) is 4.39 Å². The van der Waals surface area contributed by atoms with Crippen LogP contribution in [0.25, 0.3) is 11.0 Å². The number of benzene rings is 2. The van der Waals surface area contributed by atoms with Gasteiger partial charge in [-0.2, -0.15) is 0 Å². The normalized spacial score (nSPS) is 14.5. The highest BCUT2D eigenvalue weighted by Gasteiger charge is 2.44. The van der Waals surface area contributed by atoms with Crippen molar-refractivity contribution in [2.24, 2.45) is 0 Å². The predicted molar refractivity (Wildman–Crippen MR) is 117 cm³/mol. The van der Waals surface area contributed by atoms with Crippen molar-refractivity contribution < 1.29 is 13.6 Å². The fourth-order valence-corrected chi connectivity index (χ4v) is 4.60. The number of halogens is 1. The molecule has 0 bridgehead atoms. The van der Waals surface area contributed by atoms with E-state index in [0.29, 0.717) is 28.8 Å². The second kappa shape index (κ2) is 8.15. The Bertz CT molecular complexity index is 1220. The summed E-state index contributed by atoms with van der Waals surface area (Å²) in [5.41, 5.74) is 2.44. The Hall–Kier alpha value is -3.19. The smallest absolute Gasteiger partial charge is 0.287 e. The zero-order valence-electron chi connectivity index (χ0n) is 16.7. The molecule has 31 heavy (non-hydrogen) atoms. The van der Waals surface area contributed by atoms with Crippen molar-refractivity contribution in [1.29, 1.82) is 0 Å². The number of hydrogen-bond donors (Lipinski definition) is 1. The molecular weight excluding hydrogens is 413 g/mol. The summed E-state index contributed by atoms with van der Waals surface area (Å²) in [4.78, 5) is 21.6. The Morgan fingerprint density at radius 3 is 2.55 bits per heavy atom. The van der Waals surface area contributed by atoms with E-state index in [1.165, 1.54) is 23.9 Å². The topological polar surface area (TPSA) is 68.0 Å². The van der Waals surface area contributed by atoms with Gasteiger partial charge in [0.05, 0.1) is 0 Å². The van der Waals surface area contributed by atoms with Gasteiger partial charge in [0, 0.05) is 41.1 Å². The van der Waals surface area contributed by atoms with Gasteiger partial charge in [-0.1, -0.05) is 42.1 Å². The first-order valence-corrected chi connectivity index (χ1v) is 11.1. The van der Waals surface area contributed by atoms with Crippen LogP contribution in [0.1, 0.15) is 34.5 Å². The number of nitrogens with one attached hydrogen (secondary N) is 1. The fraction of sp³-hybridized carbons (Fsp3) is 0.208. The molecular formula is C24H20FN3O2S. The van der Waals surface area contributed by atoms with Crippen LogP contribution in [0.15, 0.2) is 76.6 Å². The lowest BCUT2D eigenvalue weighted by Crippen LogP contribution is -2.32. The molecule has 0 unspecified atom stereocenters. The lowest BCUT2D eigenvalue weighted by atomic mass is 9.96. The number of rotatable bonds is 7. The molecule has 1 aliphatic rings. The molecule has 1 N–H and O–H groups in total. The molecule has 0 radical (unpaired) electrons. The van der Waals surface area contributed by atoms with E-state index in [-0.39, 0.29) is 17.1 Å². The average molecular weight is 434 g/mol. The largest absolute Gasteiger partial charge is 0.451 e. The number of para-hydroxylation sites is 1. The zero-order valence-corrected chi connectivity index (χ0v) is 17.5. The minimum atomic E-state index is -0.254. The third-order valence-electron chi connectivity index (χ3n) is 5.69. The highest BCUT2D eigenvalue weighted by atomic mass is 32.2. The van der Waals surface area contributed by atoms with E-state index < -0.39 is 0 Å². The Balaban J connectivity index is 1.36. The van der Waals surface area contributed by atoms with Gasteiger partial charge in [0.15, 0.2) is 10.9 Å². The molecule has 1 aliphatic carbocycles. The van der Waals surface area contributed by atoms with E-state index in [1.807, 2.05) is 24.3 Å². The summed E-state index contributed by atoms with van der Waals surface area (Å²) in [7, 11) is 0. The van der Waals surface area contributed by atoms with Gasteiger partial charge in [-0.25, -0.2) is 14.4 Å². The van der Waals surface area contributed by atoms with Crippen LogP contribution >= 0.6 is 11.8 Å². The van der Waals surface area contributed by atoms with Crippen molar-refractivity contribution in [2.45, 2.75) is 29.2 Å². The highest BCUT2D eigenvalue weighted by molar-refractivity contribution is 7.98. The lowest BCUT2D eigenvalue weighted by molar-refractivity contribution is 0.0923. The standard InChI is InChI=1S/C24H20FN3O2S/c25-17-8-6-16(7-9-17)24(10-11-24)15-28-22(29)21-19(14-31-23-26-12-3-13-27-23)18-4-1-2-5-20(18)30-21/h1-9,12-13H,10-11,14-15H2,(H,28,29). The van der Waals surface area contributed by atoms with Crippen molar-refractivity contribution in [3.8, 4) is 0 Å². The first kappa shape index (κ1) is 19.8. The summed E-state index contributed by atoms with van der Waals surface area (Å²) in [6, 6.07) is 16.0. The summed E-state index contributed by atoms with van der Waals surface area (Å²) < 4.78 is 19.2. The Kier molecular flexibility index (Phi) is 5.19. The van der Waals surface area contributed by atoms with Crippen molar-refractivity contribution >= 4 is 28.6 Å². The molecule has 4 aromatic rings. The fourth-order valence-electron chi connectivity index (χ4n) is 3.77. The van der Waals surface area contributed by atoms with E-state index in [1.54, 1.807) is 30.6 Å². The van der Waals surface area contributed by atoms with E-state index in [2.05, 4.69) is 15.3 Å².